The third-order valence-electron chi connectivity index (χ3n) is 8.16. The van der Waals surface area contributed by atoms with Gasteiger partial charge in [0.05, 0.1) is 11.0 Å². The highest BCUT2D eigenvalue weighted by molar-refractivity contribution is 6.13. The highest BCUT2D eigenvalue weighted by Gasteiger charge is 2.39. The van der Waals surface area contributed by atoms with Crippen molar-refractivity contribution >= 4 is 43.4 Å². The van der Waals surface area contributed by atoms with Crippen molar-refractivity contribution in [1.29, 1.82) is 0 Å². The van der Waals surface area contributed by atoms with E-state index in [-0.39, 0.29) is 5.41 Å². The van der Waals surface area contributed by atoms with Gasteiger partial charge in [-0.3, -0.25) is 4.57 Å². The van der Waals surface area contributed by atoms with E-state index in [1.165, 1.54) is 60.2 Å². The average molecular weight is 461 g/mol. The fourth-order valence-electron chi connectivity index (χ4n) is 6.46. The summed E-state index contributed by atoms with van der Waals surface area (Å²) in [4.78, 5) is 4.98. The molecule has 1 aliphatic carbocycles. The Bertz CT molecular complexity index is 2020. The fraction of sp³-hybridized carbons (Fsp3) is 0.0882. The lowest BCUT2D eigenvalue weighted by atomic mass is 9.81. The summed E-state index contributed by atoms with van der Waals surface area (Å²) in [5.74, 6) is 0.963. The molecule has 0 bridgehead atoms. The highest BCUT2D eigenvalue weighted by Crippen LogP contribution is 2.53. The second-order valence-electron chi connectivity index (χ2n) is 10.5. The molecular formula is C34H24N2. The lowest BCUT2D eigenvalue weighted by Gasteiger charge is -2.24. The van der Waals surface area contributed by atoms with E-state index in [1.54, 1.807) is 0 Å². The molecule has 0 atom stereocenters. The van der Waals surface area contributed by atoms with Gasteiger partial charge in [0.15, 0.2) is 0 Å². The van der Waals surface area contributed by atoms with Crippen LogP contribution >= 0.6 is 0 Å². The summed E-state index contributed by atoms with van der Waals surface area (Å²) in [5.41, 5.74) is 7.78. The number of hydrogen-bond acceptors (Lipinski definition) is 1. The molecule has 0 N–H and O–H groups in total. The van der Waals surface area contributed by atoms with Gasteiger partial charge in [-0.25, -0.2) is 4.98 Å². The smallest absolute Gasteiger partial charge is 0.138 e. The molecule has 0 spiro atoms. The molecule has 2 heteroatoms. The molecule has 0 fully saturated rings. The van der Waals surface area contributed by atoms with Crippen LogP contribution in [0.2, 0.25) is 0 Å². The van der Waals surface area contributed by atoms with Crippen LogP contribution in [0.5, 0.6) is 0 Å². The quantitative estimate of drug-likeness (QED) is 0.239. The van der Waals surface area contributed by atoms with E-state index < -0.39 is 0 Å². The Morgan fingerprint density at radius 1 is 0.611 bits per heavy atom. The van der Waals surface area contributed by atoms with E-state index in [1.807, 2.05) is 6.20 Å². The number of nitrogens with zero attached hydrogens (tertiary/aromatic N) is 2. The first-order valence-corrected chi connectivity index (χ1v) is 12.6. The van der Waals surface area contributed by atoms with Gasteiger partial charge in [-0.05, 0) is 62.7 Å². The average Bonchev–Trinajstić information content (AvgIpc) is 3.36. The molecule has 5 aromatic carbocycles. The SMILES string of the molecule is CC1(C)c2cc3ccccc3cc2-c2ccc3c4ccccc4n(-c4cc5ccccc5cn4)c3c21. The summed E-state index contributed by atoms with van der Waals surface area (Å²) in [5, 5.41) is 7.50. The molecular weight excluding hydrogens is 436 g/mol. The second-order valence-corrected chi connectivity index (χ2v) is 10.5. The van der Waals surface area contributed by atoms with Gasteiger partial charge in [-0.1, -0.05) is 92.7 Å². The number of rotatable bonds is 1. The Balaban J connectivity index is 1.53. The zero-order chi connectivity index (χ0) is 24.0. The van der Waals surface area contributed by atoms with Crippen LogP contribution in [0.3, 0.4) is 0 Å². The minimum absolute atomic E-state index is 0.142. The van der Waals surface area contributed by atoms with Gasteiger partial charge >= 0.3 is 0 Å². The lowest BCUT2D eigenvalue weighted by molar-refractivity contribution is 0.664. The maximum atomic E-state index is 4.98. The van der Waals surface area contributed by atoms with Crippen LogP contribution in [0.1, 0.15) is 25.0 Å². The summed E-state index contributed by atoms with van der Waals surface area (Å²) in [6.45, 7) is 4.75. The predicted molar refractivity (Wildman–Crippen MR) is 151 cm³/mol. The predicted octanol–water partition coefficient (Wildman–Crippen LogP) is 8.79. The molecule has 8 rings (SSSR count). The first-order chi connectivity index (χ1) is 17.6. The van der Waals surface area contributed by atoms with Crippen LogP contribution in [0.15, 0.2) is 109 Å². The van der Waals surface area contributed by atoms with Crippen molar-refractivity contribution in [2.45, 2.75) is 19.3 Å². The van der Waals surface area contributed by atoms with E-state index >= 15 is 0 Å². The van der Waals surface area contributed by atoms with Gasteiger partial charge in [-0.15, -0.1) is 0 Å². The van der Waals surface area contributed by atoms with Crippen molar-refractivity contribution in [3.8, 4) is 16.9 Å². The van der Waals surface area contributed by atoms with Crippen molar-refractivity contribution < 1.29 is 0 Å². The number of hydrogen-bond donors (Lipinski definition) is 0. The molecule has 0 saturated carbocycles. The van der Waals surface area contributed by atoms with Crippen LogP contribution in [-0.2, 0) is 5.41 Å². The molecule has 1 aliphatic rings. The van der Waals surface area contributed by atoms with Crippen molar-refractivity contribution in [3.05, 3.63) is 120 Å². The Morgan fingerprint density at radius 2 is 1.28 bits per heavy atom. The van der Waals surface area contributed by atoms with Crippen LogP contribution in [0.4, 0.5) is 0 Å². The minimum Gasteiger partial charge on any atom is -0.293 e. The molecule has 0 amide bonds. The minimum atomic E-state index is -0.142. The molecule has 36 heavy (non-hydrogen) atoms. The standard InChI is InChI=1S/C34H24N2/c1-34(2)29-18-22-10-4-3-9-21(22)17-28(29)26-15-16-27-25-13-7-8-14-30(25)36(33(27)32(26)34)31-19-23-11-5-6-12-24(23)20-35-31/h3-20H,1-2H3. The van der Waals surface area contributed by atoms with Gasteiger partial charge in [-0.2, -0.15) is 0 Å². The summed E-state index contributed by atoms with van der Waals surface area (Å²) in [6.07, 6.45) is 2.00. The van der Waals surface area contributed by atoms with Crippen LogP contribution in [-0.4, -0.2) is 9.55 Å². The first-order valence-electron chi connectivity index (χ1n) is 12.6. The lowest BCUT2D eigenvalue weighted by Crippen LogP contribution is -2.16. The number of fused-ring (bicyclic) bond motifs is 9. The zero-order valence-electron chi connectivity index (χ0n) is 20.3. The molecule has 2 aromatic heterocycles. The van der Waals surface area contributed by atoms with Gasteiger partial charge in [0.25, 0.3) is 0 Å². The molecule has 0 radical (unpaired) electrons. The molecule has 170 valence electrons. The monoisotopic (exact) mass is 460 g/mol. The number of para-hydroxylation sites is 1. The van der Waals surface area contributed by atoms with Gasteiger partial charge < -0.3 is 0 Å². The van der Waals surface area contributed by atoms with E-state index in [9.17, 15) is 0 Å². The Hall–Kier alpha value is -4.43. The largest absolute Gasteiger partial charge is 0.293 e. The number of benzene rings is 5. The van der Waals surface area contributed by atoms with Crippen molar-refractivity contribution in [2.75, 3.05) is 0 Å². The number of pyridine rings is 1. The van der Waals surface area contributed by atoms with Crippen LogP contribution in [0, 0.1) is 0 Å². The molecule has 0 aliphatic heterocycles. The molecule has 0 unspecified atom stereocenters. The maximum Gasteiger partial charge on any atom is 0.138 e. The summed E-state index contributed by atoms with van der Waals surface area (Å²) < 4.78 is 2.39. The Labute approximate surface area is 209 Å². The normalized spacial score (nSPS) is 14.1. The van der Waals surface area contributed by atoms with E-state index in [0.717, 1.165) is 11.2 Å². The molecule has 2 nitrogen and oxygen atoms in total. The maximum absolute atomic E-state index is 4.98. The van der Waals surface area contributed by atoms with Gasteiger partial charge in [0.1, 0.15) is 5.82 Å². The van der Waals surface area contributed by atoms with Crippen LogP contribution in [0.25, 0.3) is 60.3 Å². The highest BCUT2D eigenvalue weighted by atomic mass is 15.1. The zero-order valence-corrected chi connectivity index (χ0v) is 20.3. The van der Waals surface area contributed by atoms with Gasteiger partial charge in [0.2, 0.25) is 0 Å². The third kappa shape index (κ3) is 2.48. The molecule has 7 aromatic rings. The molecule has 2 heterocycles. The van der Waals surface area contributed by atoms with Crippen molar-refractivity contribution in [3.63, 3.8) is 0 Å². The summed E-state index contributed by atoms with van der Waals surface area (Å²) >= 11 is 0. The first kappa shape index (κ1) is 19.8. The van der Waals surface area contributed by atoms with Crippen molar-refractivity contribution in [2.24, 2.45) is 0 Å². The summed E-state index contributed by atoms with van der Waals surface area (Å²) in [7, 11) is 0. The third-order valence-corrected chi connectivity index (χ3v) is 8.16. The topological polar surface area (TPSA) is 17.8 Å². The molecule has 0 saturated heterocycles. The fourth-order valence-corrected chi connectivity index (χ4v) is 6.46. The Morgan fingerprint density at radius 3 is 2.08 bits per heavy atom. The van der Waals surface area contributed by atoms with E-state index in [0.29, 0.717) is 0 Å². The van der Waals surface area contributed by atoms with Crippen LogP contribution < -0.4 is 0 Å². The summed E-state index contributed by atoms with van der Waals surface area (Å²) in [6, 6.07) is 37.6. The van der Waals surface area contributed by atoms with Crippen molar-refractivity contribution in [1.82, 2.24) is 9.55 Å². The van der Waals surface area contributed by atoms with E-state index in [4.69, 9.17) is 4.98 Å². The van der Waals surface area contributed by atoms with Gasteiger partial charge in [0, 0.05) is 27.8 Å². The second kappa shape index (κ2) is 6.83. The Kier molecular flexibility index (Phi) is 3.76. The van der Waals surface area contributed by atoms with E-state index in [2.05, 4.69) is 122 Å². The number of aromatic nitrogens is 2.